The summed E-state index contributed by atoms with van der Waals surface area (Å²) < 4.78 is 0. The Morgan fingerprint density at radius 2 is 2.06 bits per heavy atom. The molecule has 0 aromatic rings. The number of carbonyl (C=O) groups excluding carboxylic acids is 1. The zero-order valence-corrected chi connectivity index (χ0v) is 10.7. The number of hydrogen-bond acceptors (Lipinski definition) is 2. The molecule has 0 aromatic carbocycles. The van der Waals surface area contributed by atoms with E-state index < -0.39 is 0 Å². The van der Waals surface area contributed by atoms with E-state index in [1.165, 1.54) is 32.4 Å². The predicted octanol–water partition coefficient (Wildman–Crippen LogP) is 2.87. The third-order valence-electron chi connectivity index (χ3n) is 4.08. The van der Waals surface area contributed by atoms with E-state index in [2.05, 4.69) is 18.7 Å². The van der Waals surface area contributed by atoms with E-state index in [0.29, 0.717) is 17.7 Å². The molecule has 2 atom stereocenters. The molecule has 2 heteroatoms. The van der Waals surface area contributed by atoms with E-state index in [9.17, 15) is 4.79 Å². The number of carbonyl (C=O) groups is 1. The summed E-state index contributed by atoms with van der Waals surface area (Å²) >= 11 is 0. The molecule has 0 N–H and O–H groups in total. The molecule has 2 rings (SSSR count). The molecule has 1 saturated carbocycles. The van der Waals surface area contributed by atoms with Crippen molar-refractivity contribution in [2.45, 2.75) is 58.4 Å². The monoisotopic (exact) mass is 223 g/mol. The Morgan fingerprint density at radius 3 is 2.69 bits per heavy atom. The van der Waals surface area contributed by atoms with Crippen LogP contribution < -0.4 is 0 Å². The van der Waals surface area contributed by atoms with Crippen LogP contribution in [-0.2, 0) is 4.79 Å². The van der Waals surface area contributed by atoms with Crippen LogP contribution in [-0.4, -0.2) is 29.8 Å². The molecule has 0 amide bonds. The number of piperidine rings is 1. The van der Waals surface area contributed by atoms with Gasteiger partial charge in [0.2, 0.25) is 0 Å². The van der Waals surface area contributed by atoms with Gasteiger partial charge < -0.3 is 0 Å². The second-order valence-corrected chi connectivity index (χ2v) is 5.92. The number of nitrogens with zero attached hydrogens (tertiary/aromatic N) is 1. The van der Waals surface area contributed by atoms with Gasteiger partial charge in [0, 0.05) is 24.9 Å². The molecule has 92 valence electrons. The van der Waals surface area contributed by atoms with Crippen LogP contribution >= 0.6 is 0 Å². The first-order valence-electron chi connectivity index (χ1n) is 6.95. The molecule has 0 radical (unpaired) electrons. The number of hydrogen-bond donors (Lipinski definition) is 0. The van der Waals surface area contributed by atoms with Crippen molar-refractivity contribution in [3.8, 4) is 0 Å². The molecule has 0 bridgehead atoms. The second kappa shape index (κ2) is 5.31. The van der Waals surface area contributed by atoms with Gasteiger partial charge in [0.15, 0.2) is 0 Å². The fourth-order valence-corrected chi connectivity index (χ4v) is 3.42. The van der Waals surface area contributed by atoms with Gasteiger partial charge in [-0.05, 0) is 38.1 Å². The first kappa shape index (κ1) is 12.1. The van der Waals surface area contributed by atoms with E-state index in [1.807, 2.05) is 0 Å². The standard InChI is InChI=1S/C14H25NO/c1-11(2)10-15-9-4-3-7-13(15)12-6-5-8-14(12)16/h11-13H,3-10H2,1-2H3. The van der Waals surface area contributed by atoms with Crippen LogP contribution in [0.5, 0.6) is 0 Å². The Labute approximate surface area is 99.4 Å². The summed E-state index contributed by atoms with van der Waals surface area (Å²) in [5.41, 5.74) is 0. The van der Waals surface area contributed by atoms with Crippen molar-refractivity contribution in [3.05, 3.63) is 0 Å². The summed E-state index contributed by atoms with van der Waals surface area (Å²) in [6.45, 7) is 6.95. The maximum atomic E-state index is 11.9. The molecule has 2 fully saturated rings. The van der Waals surface area contributed by atoms with Crippen LogP contribution in [0.25, 0.3) is 0 Å². The zero-order chi connectivity index (χ0) is 11.5. The Bertz CT molecular complexity index is 249. The summed E-state index contributed by atoms with van der Waals surface area (Å²) in [6.07, 6.45) is 7.03. The average molecular weight is 223 g/mol. The fourth-order valence-electron chi connectivity index (χ4n) is 3.42. The van der Waals surface area contributed by atoms with Gasteiger partial charge in [-0.2, -0.15) is 0 Å². The van der Waals surface area contributed by atoms with Crippen LogP contribution in [0.4, 0.5) is 0 Å². The third-order valence-corrected chi connectivity index (χ3v) is 4.08. The van der Waals surface area contributed by atoms with Gasteiger partial charge >= 0.3 is 0 Å². The highest BCUT2D eigenvalue weighted by molar-refractivity contribution is 5.83. The van der Waals surface area contributed by atoms with Crippen LogP contribution in [0.2, 0.25) is 0 Å². The van der Waals surface area contributed by atoms with E-state index >= 15 is 0 Å². The van der Waals surface area contributed by atoms with Gasteiger partial charge in [-0.1, -0.05) is 20.3 Å². The highest BCUT2D eigenvalue weighted by Gasteiger charge is 2.36. The molecule has 0 aromatic heterocycles. The normalized spacial score (nSPS) is 32.6. The summed E-state index contributed by atoms with van der Waals surface area (Å²) in [7, 11) is 0. The van der Waals surface area contributed by atoms with Crippen LogP contribution in [0.3, 0.4) is 0 Å². The lowest BCUT2D eigenvalue weighted by Gasteiger charge is -2.39. The molecular formula is C14H25NO. The molecule has 2 nitrogen and oxygen atoms in total. The largest absolute Gasteiger partial charge is 0.299 e. The number of Topliss-reactive ketones (excluding diaryl/α,β-unsaturated/α-hetero) is 1. The van der Waals surface area contributed by atoms with Crippen LogP contribution in [0.1, 0.15) is 52.4 Å². The molecule has 1 heterocycles. The third kappa shape index (κ3) is 2.65. The molecule has 16 heavy (non-hydrogen) atoms. The number of likely N-dealkylation sites (tertiary alicyclic amines) is 1. The van der Waals surface area contributed by atoms with Crippen molar-refractivity contribution in [1.82, 2.24) is 4.90 Å². The lowest BCUT2D eigenvalue weighted by molar-refractivity contribution is -0.123. The molecule has 1 aliphatic carbocycles. The molecule has 2 unspecified atom stereocenters. The summed E-state index contributed by atoms with van der Waals surface area (Å²) in [4.78, 5) is 14.5. The Hall–Kier alpha value is -0.370. The maximum Gasteiger partial charge on any atom is 0.137 e. The molecule has 1 aliphatic heterocycles. The lowest BCUT2D eigenvalue weighted by Crippen LogP contribution is -2.46. The average Bonchev–Trinajstić information content (AvgIpc) is 2.64. The predicted molar refractivity (Wildman–Crippen MR) is 66.4 cm³/mol. The number of ketones is 1. The Morgan fingerprint density at radius 1 is 1.25 bits per heavy atom. The second-order valence-electron chi connectivity index (χ2n) is 5.92. The quantitative estimate of drug-likeness (QED) is 0.733. The SMILES string of the molecule is CC(C)CN1CCCCC1C1CCCC1=O. The van der Waals surface area contributed by atoms with Gasteiger partial charge in [0.25, 0.3) is 0 Å². The minimum atomic E-state index is 0.374. The first-order valence-corrected chi connectivity index (χ1v) is 6.95. The van der Waals surface area contributed by atoms with E-state index in [-0.39, 0.29) is 0 Å². The van der Waals surface area contributed by atoms with E-state index in [1.54, 1.807) is 0 Å². The van der Waals surface area contributed by atoms with Gasteiger partial charge in [0.1, 0.15) is 5.78 Å². The Kier molecular flexibility index (Phi) is 4.01. The van der Waals surface area contributed by atoms with Crippen molar-refractivity contribution in [2.24, 2.45) is 11.8 Å². The maximum absolute atomic E-state index is 11.9. The van der Waals surface area contributed by atoms with Crippen molar-refractivity contribution >= 4 is 5.78 Å². The highest BCUT2D eigenvalue weighted by Crippen LogP contribution is 2.32. The van der Waals surface area contributed by atoms with E-state index in [0.717, 1.165) is 25.2 Å². The summed E-state index contributed by atoms with van der Waals surface area (Å²) in [6, 6.07) is 0.575. The van der Waals surface area contributed by atoms with Crippen LogP contribution in [0.15, 0.2) is 0 Å². The Balaban J connectivity index is 2.00. The summed E-state index contributed by atoms with van der Waals surface area (Å²) in [5, 5.41) is 0. The van der Waals surface area contributed by atoms with Gasteiger partial charge in [0.05, 0.1) is 0 Å². The lowest BCUT2D eigenvalue weighted by atomic mass is 9.88. The van der Waals surface area contributed by atoms with Gasteiger partial charge in [-0.3, -0.25) is 9.69 Å². The minimum absolute atomic E-state index is 0.374. The van der Waals surface area contributed by atoms with Crippen LogP contribution in [0, 0.1) is 11.8 Å². The zero-order valence-electron chi connectivity index (χ0n) is 10.7. The summed E-state index contributed by atoms with van der Waals surface area (Å²) in [5.74, 6) is 1.64. The smallest absolute Gasteiger partial charge is 0.137 e. The van der Waals surface area contributed by atoms with Crippen molar-refractivity contribution in [1.29, 1.82) is 0 Å². The van der Waals surface area contributed by atoms with Gasteiger partial charge in [-0.25, -0.2) is 0 Å². The fraction of sp³-hybridized carbons (Fsp3) is 0.929. The van der Waals surface area contributed by atoms with Gasteiger partial charge in [-0.15, -0.1) is 0 Å². The van der Waals surface area contributed by atoms with E-state index in [4.69, 9.17) is 0 Å². The molecular weight excluding hydrogens is 198 g/mol. The molecule has 1 saturated heterocycles. The minimum Gasteiger partial charge on any atom is -0.299 e. The first-order chi connectivity index (χ1) is 7.68. The topological polar surface area (TPSA) is 20.3 Å². The van der Waals surface area contributed by atoms with Crippen molar-refractivity contribution < 1.29 is 4.79 Å². The van der Waals surface area contributed by atoms with Crippen molar-refractivity contribution in [3.63, 3.8) is 0 Å². The highest BCUT2D eigenvalue weighted by atomic mass is 16.1. The molecule has 0 spiro atoms. The molecule has 2 aliphatic rings. The van der Waals surface area contributed by atoms with Crippen molar-refractivity contribution in [2.75, 3.05) is 13.1 Å². The number of rotatable bonds is 3.